The molecule has 37 heavy (non-hydrogen) atoms. The average molecular weight is 547 g/mol. The lowest BCUT2D eigenvalue weighted by Gasteiger charge is -2.34. The predicted octanol–water partition coefficient (Wildman–Crippen LogP) is 4.99. The second-order valence-corrected chi connectivity index (χ2v) is 17.0. The highest BCUT2D eigenvalue weighted by Crippen LogP contribution is 2.47. The monoisotopic (exact) mass is 546 g/mol. The molecule has 5 rings (SSSR count). The fourth-order valence-corrected chi connectivity index (χ4v) is 6.14. The number of rotatable bonds is 7. The summed E-state index contributed by atoms with van der Waals surface area (Å²) < 4.78 is 36.3. The maximum atomic E-state index is 14.4. The zero-order chi connectivity index (χ0) is 26.7. The Morgan fingerprint density at radius 2 is 1.92 bits per heavy atom. The number of likely N-dealkylation sites (N-methyl/N-ethyl adjacent to an activating group) is 1. The van der Waals surface area contributed by atoms with Crippen molar-refractivity contribution in [3.8, 4) is 0 Å². The first-order valence-electron chi connectivity index (χ1n) is 12.2. The summed E-state index contributed by atoms with van der Waals surface area (Å²) in [5.41, 5.74) is 1.00. The van der Waals surface area contributed by atoms with Crippen LogP contribution in [0.1, 0.15) is 28.0 Å². The molecule has 0 N–H and O–H groups in total. The molecule has 1 aromatic carbocycles. The minimum atomic E-state index is -1.33. The van der Waals surface area contributed by atoms with Crippen molar-refractivity contribution in [3.63, 3.8) is 0 Å². The maximum absolute atomic E-state index is 14.4. The molecular formula is C26H29ClF2N4O3Si. The fourth-order valence-electron chi connectivity index (χ4n) is 5.24. The molecule has 3 aromatic rings. The fraction of sp³-hybridized carbons (Fsp3) is 0.423. The average Bonchev–Trinajstić information content (AvgIpc) is 3.39. The number of ether oxygens (including phenoxy) is 1. The van der Waals surface area contributed by atoms with Crippen LogP contribution in [0.25, 0.3) is 11.0 Å². The largest absolute Gasteiger partial charge is 0.361 e. The number of hydrogen-bond donors (Lipinski definition) is 0. The van der Waals surface area contributed by atoms with E-state index in [1.807, 2.05) is 0 Å². The molecule has 7 nitrogen and oxygen atoms in total. The third-order valence-electron chi connectivity index (χ3n) is 7.29. The van der Waals surface area contributed by atoms with E-state index in [9.17, 15) is 18.4 Å². The van der Waals surface area contributed by atoms with Crippen molar-refractivity contribution in [2.45, 2.75) is 50.9 Å². The molecule has 0 aliphatic carbocycles. The molecule has 1 spiro atoms. The van der Waals surface area contributed by atoms with Crippen LogP contribution >= 0.6 is 11.6 Å². The van der Waals surface area contributed by atoms with Crippen molar-refractivity contribution < 1.29 is 23.1 Å². The van der Waals surface area contributed by atoms with Gasteiger partial charge in [-0.05, 0) is 24.2 Å². The van der Waals surface area contributed by atoms with Gasteiger partial charge in [0.25, 0.3) is 11.8 Å². The van der Waals surface area contributed by atoms with Crippen molar-refractivity contribution in [1.82, 2.24) is 19.4 Å². The van der Waals surface area contributed by atoms with Crippen molar-refractivity contribution in [1.29, 1.82) is 0 Å². The van der Waals surface area contributed by atoms with Crippen molar-refractivity contribution in [2.75, 3.05) is 20.2 Å². The van der Waals surface area contributed by atoms with Gasteiger partial charge in [0.05, 0.1) is 17.6 Å². The third-order valence-corrected chi connectivity index (χ3v) is 9.26. The van der Waals surface area contributed by atoms with E-state index < -0.39 is 31.2 Å². The number of halogens is 3. The van der Waals surface area contributed by atoms with Gasteiger partial charge in [-0.25, -0.2) is 13.8 Å². The van der Waals surface area contributed by atoms with E-state index in [2.05, 4.69) is 24.6 Å². The first-order chi connectivity index (χ1) is 17.4. The summed E-state index contributed by atoms with van der Waals surface area (Å²) in [7, 11) is 0.365. The second kappa shape index (κ2) is 9.18. The van der Waals surface area contributed by atoms with Gasteiger partial charge in [-0.15, -0.1) is 0 Å². The lowest BCUT2D eigenvalue weighted by atomic mass is 9.87. The van der Waals surface area contributed by atoms with Gasteiger partial charge in [-0.1, -0.05) is 37.3 Å². The first kappa shape index (κ1) is 25.8. The Labute approximate surface area is 220 Å². The molecule has 4 heterocycles. The number of fused-ring (bicyclic) bond motifs is 3. The quantitative estimate of drug-likeness (QED) is 0.238. The summed E-state index contributed by atoms with van der Waals surface area (Å²) in [5.74, 6) is -1.84. The van der Waals surface area contributed by atoms with Crippen LogP contribution in [-0.2, 0) is 28.3 Å². The molecule has 1 atom stereocenters. The van der Waals surface area contributed by atoms with Crippen LogP contribution in [0, 0.1) is 11.6 Å². The minimum Gasteiger partial charge on any atom is -0.361 e. The number of nitrogens with zero attached hydrogens (tertiary/aromatic N) is 4. The molecule has 11 heteroatoms. The molecule has 2 aliphatic rings. The Balaban J connectivity index is 1.56. The Morgan fingerprint density at radius 1 is 1.16 bits per heavy atom. The number of likely N-dealkylation sites (tertiary alicyclic amines) is 1. The molecule has 0 unspecified atom stereocenters. The van der Waals surface area contributed by atoms with Gasteiger partial charge in [0.2, 0.25) is 0 Å². The van der Waals surface area contributed by atoms with Gasteiger partial charge >= 0.3 is 0 Å². The number of carbonyl (C=O) groups is 2. The van der Waals surface area contributed by atoms with Crippen LogP contribution in [0.15, 0.2) is 30.3 Å². The van der Waals surface area contributed by atoms with E-state index in [0.717, 1.165) is 6.04 Å². The molecule has 0 radical (unpaired) electrons. The number of hydrogen-bond acceptors (Lipinski definition) is 4. The third kappa shape index (κ3) is 4.34. The van der Waals surface area contributed by atoms with Crippen LogP contribution in [0.2, 0.25) is 30.8 Å². The van der Waals surface area contributed by atoms with E-state index in [1.54, 1.807) is 22.6 Å². The molecule has 1 saturated heterocycles. The molecule has 0 saturated carbocycles. The van der Waals surface area contributed by atoms with E-state index in [-0.39, 0.29) is 29.9 Å². The minimum absolute atomic E-state index is 0.0295. The van der Waals surface area contributed by atoms with Crippen LogP contribution in [0.3, 0.4) is 0 Å². The number of amides is 2. The number of pyridine rings is 1. The number of aromatic nitrogens is 2. The zero-order valence-electron chi connectivity index (χ0n) is 21.3. The molecule has 2 amide bonds. The maximum Gasteiger partial charge on any atom is 0.255 e. The summed E-state index contributed by atoms with van der Waals surface area (Å²) in [6.07, 6.45) is 0.387. The van der Waals surface area contributed by atoms with Crippen molar-refractivity contribution >= 4 is 42.5 Å². The van der Waals surface area contributed by atoms with E-state index in [4.69, 9.17) is 16.3 Å². The standard InChI is InChI=1S/C26H29ClF2N4O3Si/c1-31-8-7-26(25(31)35)19-6-5-16(28)11-18(19)24(34)33(26)14-17-12-21-22(13-20(29)23(27)30-21)32(17)15-36-9-10-37(2,3)4/h5-6,11-13H,7-10,14-15H2,1-4H3/t26-/m0/s1. The molecule has 2 aromatic heterocycles. The Morgan fingerprint density at radius 3 is 2.59 bits per heavy atom. The Hall–Kier alpha value is -2.82. The summed E-state index contributed by atoms with van der Waals surface area (Å²) in [4.78, 5) is 34.4. The normalized spacial score (nSPS) is 19.6. The molecular weight excluding hydrogens is 518 g/mol. The van der Waals surface area contributed by atoms with E-state index >= 15 is 0 Å². The predicted molar refractivity (Wildman–Crippen MR) is 139 cm³/mol. The van der Waals surface area contributed by atoms with Gasteiger partial charge in [0, 0.05) is 57.6 Å². The number of benzene rings is 1. The lowest BCUT2D eigenvalue weighted by Crippen LogP contribution is -2.49. The summed E-state index contributed by atoms with van der Waals surface area (Å²) in [6.45, 7) is 7.91. The van der Waals surface area contributed by atoms with E-state index in [0.29, 0.717) is 41.9 Å². The molecule has 1 fully saturated rings. The van der Waals surface area contributed by atoms with Gasteiger partial charge in [-0.2, -0.15) is 0 Å². The number of carbonyl (C=O) groups excluding carboxylic acids is 2. The van der Waals surface area contributed by atoms with Gasteiger partial charge < -0.3 is 19.1 Å². The SMILES string of the molecule is CN1CC[C@@]2(C1=O)c1ccc(F)cc1C(=O)N2Cc1cc2nc(Cl)c(F)cc2n1COCC[Si](C)(C)C. The molecule has 2 aliphatic heterocycles. The smallest absolute Gasteiger partial charge is 0.255 e. The molecule has 196 valence electrons. The van der Waals surface area contributed by atoms with Crippen LogP contribution in [-0.4, -0.2) is 59.4 Å². The van der Waals surface area contributed by atoms with Gasteiger partial charge in [-0.3, -0.25) is 9.59 Å². The van der Waals surface area contributed by atoms with Crippen LogP contribution in [0.5, 0.6) is 0 Å². The molecule has 0 bridgehead atoms. The first-order valence-corrected chi connectivity index (χ1v) is 16.3. The Kier molecular flexibility index (Phi) is 6.40. The summed E-state index contributed by atoms with van der Waals surface area (Å²) in [5, 5.41) is -0.250. The highest BCUT2D eigenvalue weighted by atomic mass is 35.5. The van der Waals surface area contributed by atoms with Crippen LogP contribution in [0.4, 0.5) is 8.78 Å². The second-order valence-electron chi connectivity index (χ2n) is 11.0. The topological polar surface area (TPSA) is 67.7 Å². The summed E-state index contributed by atoms with van der Waals surface area (Å²) >= 11 is 5.96. The van der Waals surface area contributed by atoms with Crippen LogP contribution < -0.4 is 0 Å². The highest BCUT2D eigenvalue weighted by molar-refractivity contribution is 6.76. The van der Waals surface area contributed by atoms with Gasteiger partial charge in [0.15, 0.2) is 11.0 Å². The van der Waals surface area contributed by atoms with Crippen molar-refractivity contribution in [3.05, 3.63) is 63.9 Å². The Bertz CT molecular complexity index is 1420. The van der Waals surface area contributed by atoms with Gasteiger partial charge in [0.1, 0.15) is 18.1 Å². The van der Waals surface area contributed by atoms with Crippen molar-refractivity contribution in [2.24, 2.45) is 0 Å². The zero-order valence-corrected chi connectivity index (χ0v) is 23.0. The lowest BCUT2D eigenvalue weighted by molar-refractivity contribution is -0.136. The van der Waals surface area contributed by atoms with E-state index in [1.165, 1.54) is 29.2 Å². The highest BCUT2D eigenvalue weighted by Gasteiger charge is 2.58. The summed E-state index contributed by atoms with van der Waals surface area (Å²) in [6, 6.07) is 7.99.